The van der Waals surface area contributed by atoms with Gasteiger partial charge in [0.25, 0.3) is 0 Å². The van der Waals surface area contributed by atoms with Gasteiger partial charge >= 0.3 is 5.97 Å². The third-order valence-electron chi connectivity index (χ3n) is 12.2. The molecule has 0 saturated carbocycles. The zero-order valence-electron chi connectivity index (χ0n) is 41.2. The highest BCUT2D eigenvalue weighted by Gasteiger charge is 2.37. The molecule has 3 aromatic carbocycles. The highest BCUT2D eigenvalue weighted by Crippen LogP contribution is 2.25. The first-order valence-electron chi connectivity index (χ1n) is 24.1. The molecule has 74 heavy (non-hydrogen) atoms. The van der Waals surface area contributed by atoms with Crippen LogP contribution in [0.4, 0.5) is 0 Å². The van der Waals surface area contributed by atoms with Crippen LogP contribution in [0.2, 0.25) is 0 Å². The van der Waals surface area contributed by atoms with Crippen molar-refractivity contribution in [1.82, 2.24) is 47.5 Å². The molecule has 0 aliphatic carbocycles. The quantitative estimate of drug-likeness (QED) is 0.0431. The highest BCUT2D eigenvalue weighted by molar-refractivity contribution is 8.76. The number of likely N-dealkylation sites (N-methyl/N-ethyl adjacent to an activating group) is 1. The summed E-state index contributed by atoms with van der Waals surface area (Å²) in [6, 6.07) is 10.7. The first kappa shape index (κ1) is 58.2. The van der Waals surface area contributed by atoms with Gasteiger partial charge in [0.2, 0.25) is 41.4 Å². The normalized spacial score (nSPS) is 22.3. The van der Waals surface area contributed by atoms with Gasteiger partial charge in [0.15, 0.2) is 6.04 Å². The van der Waals surface area contributed by atoms with Crippen LogP contribution in [0, 0.1) is 0 Å². The third-order valence-corrected chi connectivity index (χ3v) is 14.6. The maximum Gasteiger partial charge on any atom is 0.328 e. The SMILES string of the molecule is CNC(Cc1ccccc1)C(=O)NC1CSSCC(C(=O)NC(C(=O)O)C(C)O)NC(=O)C(C(C)O)NC(=O)C(CCCCN)NC(=O)C(Cc2c[nH]c3ccccc23)NC(=O)C(Cc2ccc(O)cc2)NC1=O. The molecule has 2 heterocycles. The predicted molar refractivity (Wildman–Crippen MR) is 279 cm³/mol. The average Bonchev–Trinajstić information content (AvgIpc) is 3.78. The number of phenols is 1. The molecule has 24 heteroatoms. The van der Waals surface area contributed by atoms with E-state index in [1.54, 1.807) is 31.4 Å². The van der Waals surface area contributed by atoms with Crippen LogP contribution in [-0.2, 0) is 57.6 Å². The number of carboxylic acid groups (broad SMARTS) is 1. The van der Waals surface area contributed by atoms with E-state index in [1.165, 1.54) is 19.1 Å². The second kappa shape index (κ2) is 28.7. The maximum atomic E-state index is 14.8. The number of carbonyl (C=O) groups is 8. The molecule has 0 bridgehead atoms. The summed E-state index contributed by atoms with van der Waals surface area (Å²) in [4.78, 5) is 115. The van der Waals surface area contributed by atoms with E-state index in [0.29, 0.717) is 24.0 Å². The number of unbranched alkanes of at least 4 members (excludes halogenated alkanes) is 1. The van der Waals surface area contributed by atoms with Gasteiger partial charge < -0.3 is 73.7 Å². The van der Waals surface area contributed by atoms with Crippen molar-refractivity contribution < 1.29 is 58.8 Å². The van der Waals surface area contributed by atoms with Gasteiger partial charge in [-0.1, -0.05) is 82.3 Å². The fourth-order valence-corrected chi connectivity index (χ4v) is 10.3. The Labute approximate surface area is 435 Å². The van der Waals surface area contributed by atoms with Crippen molar-refractivity contribution in [2.45, 2.75) is 113 Å². The summed E-state index contributed by atoms with van der Waals surface area (Å²) >= 11 is 0. The number of carboxylic acids is 1. The Bertz CT molecular complexity index is 2550. The van der Waals surface area contributed by atoms with E-state index in [1.807, 2.05) is 48.5 Å². The number of aliphatic hydroxyl groups is 2. The maximum absolute atomic E-state index is 14.8. The lowest BCUT2D eigenvalue weighted by Gasteiger charge is -2.29. The number of H-pyrrole nitrogens is 1. The van der Waals surface area contributed by atoms with Gasteiger partial charge in [-0.2, -0.15) is 0 Å². The number of hydrogen-bond acceptors (Lipinski definition) is 15. The number of phenolic OH excluding ortho intramolecular Hbond substituents is 1. The smallest absolute Gasteiger partial charge is 0.328 e. The molecule has 0 spiro atoms. The van der Waals surface area contributed by atoms with E-state index in [9.17, 15) is 58.8 Å². The number of benzene rings is 3. The largest absolute Gasteiger partial charge is 0.508 e. The molecule has 0 radical (unpaired) electrons. The number of aliphatic hydroxyl groups excluding tert-OH is 2. The lowest BCUT2D eigenvalue weighted by Crippen LogP contribution is -2.62. The second-order valence-electron chi connectivity index (χ2n) is 17.9. The minimum atomic E-state index is -1.81. The second-order valence-corrected chi connectivity index (χ2v) is 20.5. The van der Waals surface area contributed by atoms with Crippen LogP contribution in [0.15, 0.2) is 85.1 Å². The van der Waals surface area contributed by atoms with E-state index in [4.69, 9.17) is 5.73 Å². The van der Waals surface area contributed by atoms with Crippen molar-refractivity contribution in [2.24, 2.45) is 5.73 Å². The monoisotopic (exact) mass is 1060 g/mol. The van der Waals surface area contributed by atoms with Gasteiger partial charge in [0.1, 0.15) is 42.0 Å². The number of fused-ring (bicyclic) bond motifs is 1. The zero-order valence-corrected chi connectivity index (χ0v) is 42.8. The Morgan fingerprint density at radius 2 is 1.35 bits per heavy atom. The molecule has 5 rings (SSSR count). The highest BCUT2D eigenvalue weighted by atomic mass is 33.1. The molecule has 1 aliphatic heterocycles. The fourth-order valence-electron chi connectivity index (χ4n) is 7.99. The van der Waals surface area contributed by atoms with E-state index in [0.717, 1.165) is 45.0 Å². The van der Waals surface area contributed by atoms with Crippen molar-refractivity contribution in [1.29, 1.82) is 0 Å². The van der Waals surface area contributed by atoms with Crippen LogP contribution in [0.25, 0.3) is 10.9 Å². The lowest BCUT2D eigenvalue weighted by molar-refractivity contribution is -0.145. The number of amides is 7. The van der Waals surface area contributed by atoms with E-state index < -0.39 is 108 Å². The fraction of sp³-hybridized carbons (Fsp3) is 0.440. The molecule has 1 aliphatic rings. The number of nitrogens with two attached hydrogens (primary N) is 1. The molecule has 1 fully saturated rings. The van der Waals surface area contributed by atoms with Crippen LogP contribution in [0.3, 0.4) is 0 Å². The molecule has 400 valence electrons. The first-order valence-corrected chi connectivity index (χ1v) is 26.6. The number of nitrogens with one attached hydrogen (secondary N) is 9. The predicted octanol–water partition coefficient (Wildman–Crippen LogP) is -0.747. The number of aromatic amines is 1. The molecule has 10 unspecified atom stereocenters. The molecule has 10 atom stereocenters. The topological polar surface area (TPSA) is 356 Å². The molecule has 1 saturated heterocycles. The summed E-state index contributed by atoms with van der Waals surface area (Å²) in [5.74, 6) is -8.30. The van der Waals surface area contributed by atoms with Crippen molar-refractivity contribution in [3.8, 4) is 5.75 Å². The molecule has 22 nitrogen and oxygen atoms in total. The Hall–Kier alpha value is -6.70. The number of rotatable bonds is 18. The molecule has 1 aromatic heterocycles. The molecular formula is C50H66N10O12S2. The van der Waals surface area contributed by atoms with Crippen molar-refractivity contribution >= 4 is 79.8 Å². The summed E-state index contributed by atoms with van der Waals surface area (Å²) in [6.07, 6.45) is -0.848. The van der Waals surface area contributed by atoms with E-state index >= 15 is 0 Å². The number of para-hydroxylation sites is 1. The van der Waals surface area contributed by atoms with Gasteiger partial charge in [-0.3, -0.25) is 33.6 Å². The van der Waals surface area contributed by atoms with Crippen LogP contribution < -0.4 is 48.3 Å². The summed E-state index contributed by atoms with van der Waals surface area (Å²) in [7, 11) is 3.49. The summed E-state index contributed by atoms with van der Waals surface area (Å²) in [6.45, 7) is 2.58. The Morgan fingerprint density at radius 1 is 0.730 bits per heavy atom. The van der Waals surface area contributed by atoms with Crippen LogP contribution in [-0.4, -0.2) is 158 Å². The standard InChI is InChI=1S/C50H66N10O12S2/c1-27(61)41-49(70)58-40(48(69)60-42(28(2)62)50(71)72)26-74-73-25-39(57-44(65)36(52-3)21-29-11-5-4-6-12-29)47(68)55-37(22-30-16-18-32(63)19-17-30)45(66)56-38(23-31-24-53-34-14-8-7-13-33(31)34)46(67)54-35(43(64)59-41)15-9-10-20-51/h4-8,11-14,16-19,24,27-28,35-42,52-53,61-63H,9-10,15,20-23,25-26,51H2,1-3H3,(H,54,67)(H,55,68)(H,56,66)(H,57,65)(H,58,70)(H,59,64)(H,60,69)(H,71,72). The van der Waals surface area contributed by atoms with Crippen molar-refractivity contribution in [3.05, 3.63) is 102 Å². The van der Waals surface area contributed by atoms with Crippen LogP contribution >= 0.6 is 21.6 Å². The molecule has 7 amide bonds. The third kappa shape index (κ3) is 17.2. The summed E-state index contributed by atoms with van der Waals surface area (Å²) in [5, 5.41) is 62.9. The number of aromatic nitrogens is 1. The summed E-state index contributed by atoms with van der Waals surface area (Å²) < 4.78 is 0. The van der Waals surface area contributed by atoms with Gasteiger partial charge in [-0.15, -0.1) is 0 Å². The Kier molecular flexibility index (Phi) is 22.5. The van der Waals surface area contributed by atoms with Gasteiger partial charge in [0, 0.05) is 41.4 Å². The average molecular weight is 1060 g/mol. The first-order chi connectivity index (χ1) is 35.4. The number of aromatic hydroxyl groups is 1. The number of carbonyl (C=O) groups excluding carboxylic acids is 7. The van der Waals surface area contributed by atoms with E-state index in [-0.39, 0.29) is 49.5 Å². The minimum absolute atomic E-state index is 0.0160. The van der Waals surface area contributed by atoms with Crippen molar-refractivity contribution in [2.75, 3.05) is 25.1 Å². The van der Waals surface area contributed by atoms with E-state index in [2.05, 4.69) is 47.5 Å². The van der Waals surface area contributed by atoms with Gasteiger partial charge in [-0.05, 0) is 88.0 Å². The molecule has 15 N–H and O–H groups in total. The van der Waals surface area contributed by atoms with Crippen LogP contribution in [0.1, 0.15) is 49.8 Å². The van der Waals surface area contributed by atoms with Gasteiger partial charge in [0.05, 0.1) is 18.2 Å². The summed E-state index contributed by atoms with van der Waals surface area (Å²) in [5.41, 5.74) is 8.44. The number of hydrogen-bond donors (Lipinski definition) is 14. The van der Waals surface area contributed by atoms with Gasteiger partial charge in [-0.25, -0.2) is 4.79 Å². The zero-order chi connectivity index (χ0) is 53.9. The number of aliphatic carboxylic acids is 1. The Balaban J connectivity index is 1.59. The minimum Gasteiger partial charge on any atom is -0.508 e. The van der Waals surface area contributed by atoms with Crippen molar-refractivity contribution in [3.63, 3.8) is 0 Å². The molecule has 4 aromatic rings. The lowest BCUT2D eigenvalue weighted by atomic mass is 10.0. The molecular weight excluding hydrogens is 997 g/mol. The van der Waals surface area contributed by atoms with Crippen LogP contribution in [0.5, 0.6) is 5.75 Å². The Morgan fingerprint density at radius 3 is 2.00 bits per heavy atom.